The Morgan fingerprint density at radius 1 is 1.11 bits per heavy atom. The molecule has 0 saturated carbocycles. The van der Waals surface area contributed by atoms with E-state index in [1.54, 1.807) is 0 Å². The zero-order chi connectivity index (χ0) is 15.4. The maximum atomic E-state index is 11.8. The molecule has 3 atom stereocenters. The molecule has 0 aliphatic rings. The number of aliphatic hydroxyl groups is 3. The van der Waals surface area contributed by atoms with Crippen molar-refractivity contribution in [2.45, 2.75) is 38.6 Å². The summed E-state index contributed by atoms with van der Waals surface area (Å²) in [6.45, 7) is 1.50. The average molecular weight is 276 g/mol. The van der Waals surface area contributed by atoms with Crippen molar-refractivity contribution in [2.24, 2.45) is 0 Å². The van der Waals surface area contributed by atoms with Crippen LogP contribution in [-0.2, 0) is 23.9 Å². The number of Topliss-reactive ketones (excluding diaryl/α,β-unsaturated/α-hetero) is 3. The van der Waals surface area contributed by atoms with Gasteiger partial charge in [0.05, 0.1) is 6.61 Å². The number of carbonyl (C=O) groups excluding carboxylic acids is 4. The van der Waals surface area contributed by atoms with Gasteiger partial charge in [0.1, 0.15) is 12.2 Å². The summed E-state index contributed by atoms with van der Waals surface area (Å²) in [7, 11) is 0. The van der Waals surface area contributed by atoms with Crippen LogP contribution >= 0.6 is 0 Å². The molecule has 0 heterocycles. The van der Waals surface area contributed by atoms with Crippen LogP contribution < -0.4 is 0 Å². The Morgan fingerprint density at radius 2 is 1.58 bits per heavy atom. The molecule has 0 rings (SSSR count). The molecule has 0 aliphatic carbocycles. The van der Waals surface area contributed by atoms with Crippen molar-refractivity contribution >= 4 is 23.3 Å². The minimum absolute atomic E-state index is 0.817. The highest BCUT2D eigenvalue weighted by Gasteiger charge is 2.56. The van der Waals surface area contributed by atoms with Crippen molar-refractivity contribution in [3.8, 4) is 0 Å². The lowest BCUT2D eigenvalue weighted by atomic mass is 9.83. The molecule has 0 saturated heterocycles. The van der Waals surface area contributed by atoms with E-state index in [4.69, 9.17) is 5.11 Å². The van der Waals surface area contributed by atoms with E-state index in [0.717, 1.165) is 20.8 Å². The first-order valence-electron chi connectivity index (χ1n) is 5.34. The number of carbonyl (C=O) groups is 4. The summed E-state index contributed by atoms with van der Waals surface area (Å²) in [5, 5.41) is 27.9. The lowest BCUT2D eigenvalue weighted by molar-refractivity contribution is -0.193. The maximum absolute atomic E-state index is 11.8. The molecule has 0 fully saturated rings. The molecule has 0 bridgehead atoms. The summed E-state index contributed by atoms with van der Waals surface area (Å²) in [6.07, 6.45) is -4.19. The van der Waals surface area contributed by atoms with E-state index in [2.05, 4.69) is 4.74 Å². The van der Waals surface area contributed by atoms with Gasteiger partial charge in [-0.25, -0.2) is 0 Å². The molecule has 0 aromatic heterocycles. The zero-order valence-electron chi connectivity index (χ0n) is 10.7. The van der Waals surface area contributed by atoms with E-state index in [0.29, 0.717) is 0 Å². The lowest BCUT2D eigenvalue weighted by Crippen LogP contribution is -2.63. The van der Waals surface area contributed by atoms with Gasteiger partial charge in [-0.05, 0) is 6.92 Å². The van der Waals surface area contributed by atoms with Gasteiger partial charge < -0.3 is 20.1 Å². The standard InChI is InChI=1S/C11H16O8/c1-5(13)9(17)11(6(2)14,19-7(3)15)10(18)8(16)4-12/h8,10,12,16,18H,4H2,1-3H3/t8?,10?,11-/m0/s1. The average Bonchev–Trinajstić information content (AvgIpc) is 2.32. The molecule has 8 heteroatoms. The Kier molecular flexibility index (Phi) is 5.94. The van der Waals surface area contributed by atoms with Gasteiger partial charge in [0, 0.05) is 13.8 Å². The SMILES string of the molecule is CC(=O)O[C@@](C(C)=O)(C(=O)C(C)=O)C(O)C(O)CO. The van der Waals surface area contributed by atoms with Crippen molar-refractivity contribution in [3.63, 3.8) is 0 Å². The summed E-state index contributed by atoms with van der Waals surface area (Å²) in [5.41, 5.74) is -2.85. The van der Waals surface area contributed by atoms with E-state index < -0.39 is 47.7 Å². The van der Waals surface area contributed by atoms with Gasteiger partial charge in [0.25, 0.3) is 11.4 Å². The van der Waals surface area contributed by atoms with Crippen molar-refractivity contribution in [2.75, 3.05) is 6.61 Å². The fourth-order valence-electron chi connectivity index (χ4n) is 1.54. The highest BCUT2D eigenvalue weighted by Crippen LogP contribution is 2.23. The fourth-order valence-corrected chi connectivity index (χ4v) is 1.54. The third kappa shape index (κ3) is 3.43. The Labute approximate surface area is 109 Å². The highest BCUT2D eigenvalue weighted by molar-refractivity contribution is 6.44. The van der Waals surface area contributed by atoms with E-state index in [-0.39, 0.29) is 0 Å². The number of ketones is 3. The van der Waals surface area contributed by atoms with Crippen LogP contribution in [0, 0.1) is 0 Å². The quantitative estimate of drug-likeness (QED) is 0.269. The number of hydrogen-bond acceptors (Lipinski definition) is 8. The van der Waals surface area contributed by atoms with Crippen molar-refractivity contribution < 1.29 is 39.2 Å². The topological polar surface area (TPSA) is 138 Å². The van der Waals surface area contributed by atoms with E-state index in [1.165, 1.54) is 0 Å². The van der Waals surface area contributed by atoms with Gasteiger partial charge in [-0.1, -0.05) is 0 Å². The lowest BCUT2D eigenvalue weighted by Gasteiger charge is -2.34. The normalized spacial score (nSPS) is 16.9. The molecule has 0 aliphatic heterocycles. The molecule has 0 aromatic rings. The largest absolute Gasteiger partial charge is 0.440 e. The molecule has 0 spiro atoms. The number of hydrogen-bond donors (Lipinski definition) is 3. The van der Waals surface area contributed by atoms with Crippen LogP contribution in [-0.4, -0.2) is 63.1 Å². The first-order valence-corrected chi connectivity index (χ1v) is 5.34. The molecule has 0 amide bonds. The minimum atomic E-state index is -2.85. The van der Waals surface area contributed by atoms with Crippen LogP contribution in [0.2, 0.25) is 0 Å². The molecule has 8 nitrogen and oxygen atoms in total. The smallest absolute Gasteiger partial charge is 0.304 e. The number of ether oxygens (including phenoxy) is 1. The van der Waals surface area contributed by atoms with Gasteiger partial charge in [0.15, 0.2) is 11.6 Å². The van der Waals surface area contributed by atoms with E-state index in [9.17, 15) is 29.4 Å². The molecule has 19 heavy (non-hydrogen) atoms. The van der Waals surface area contributed by atoms with Crippen LogP contribution in [0.25, 0.3) is 0 Å². The highest BCUT2D eigenvalue weighted by atomic mass is 16.6. The molecular formula is C11H16O8. The third-order valence-corrected chi connectivity index (χ3v) is 2.45. The van der Waals surface area contributed by atoms with Gasteiger partial charge in [-0.3, -0.25) is 19.2 Å². The predicted molar refractivity (Wildman–Crippen MR) is 60.0 cm³/mol. The monoisotopic (exact) mass is 276 g/mol. The molecule has 2 unspecified atom stereocenters. The molecular weight excluding hydrogens is 260 g/mol. The summed E-state index contributed by atoms with van der Waals surface area (Å²) in [4.78, 5) is 45.6. The zero-order valence-corrected chi connectivity index (χ0v) is 10.7. The second-order valence-electron chi connectivity index (χ2n) is 3.97. The Hall–Kier alpha value is -1.64. The molecule has 0 aromatic carbocycles. The fraction of sp³-hybridized carbons (Fsp3) is 0.636. The second kappa shape index (κ2) is 6.50. The molecule has 108 valence electrons. The number of aliphatic hydroxyl groups excluding tert-OH is 3. The summed E-state index contributed by atoms with van der Waals surface area (Å²) in [6, 6.07) is 0. The van der Waals surface area contributed by atoms with Gasteiger partial charge >= 0.3 is 5.97 Å². The summed E-state index contributed by atoms with van der Waals surface area (Å²) < 4.78 is 4.53. The van der Waals surface area contributed by atoms with Gasteiger partial charge in [-0.2, -0.15) is 0 Å². The van der Waals surface area contributed by atoms with Crippen LogP contribution in [0.1, 0.15) is 20.8 Å². The van der Waals surface area contributed by atoms with Crippen LogP contribution in [0.5, 0.6) is 0 Å². The summed E-state index contributed by atoms with van der Waals surface area (Å²) in [5.74, 6) is -4.85. The van der Waals surface area contributed by atoms with Crippen molar-refractivity contribution in [1.82, 2.24) is 0 Å². The van der Waals surface area contributed by atoms with Crippen molar-refractivity contribution in [1.29, 1.82) is 0 Å². The maximum Gasteiger partial charge on any atom is 0.304 e. The predicted octanol–water partition coefficient (Wildman–Crippen LogP) is -2.25. The van der Waals surface area contributed by atoms with Gasteiger partial charge in [0.2, 0.25) is 0 Å². The van der Waals surface area contributed by atoms with E-state index >= 15 is 0 Å². The third-order valence-electron chi connectivity index (χ3n) is 2.45. The van der Waals surface area contributed by atoms with Crippen LogP contribution in [0.15, 0.2) is 0 Å². The Balaban J connectivity index is 5.91. The Bertz CT molecular complexity index is 401. The molecule has 3 N–H and O–H groups in total. The number of rotatable bonds is 7. The summed E-state index contributed by atoms with van der Waals surface area (Å²) >= 11 is 0. The first-order chi connectivity index (χ1) is 8.61. The molecule has 0 radical (unpaired) electrons. The number of esters is 1. The van der Waals surface area contributed by atoms with Gasteiger partial charge in [-0.15, -0.1) is 0 Å². The Morgan fingerprint density at radius 3 is 1.84 bits per heavy atom. The van der Waals surface area contributed by atoms with Crippen molar-refractivity contribution in [3.05, 3.63) is 0 Å². The van der Waals surface area contributed by atoms with Crippen LogP contribution in [0.3, 0.4) is 0 Å². The second-order valence-corrected chi connectivity index (χ2v) is 3.97. The van der Waals surface area contributed by atoms with E-state index in [1.807, 2.05) is 0 Å². The first kappa shape index (κ1) is 17.4. The van der Waals surface area contributed by atoms with Crippen LogP contribution in [0.4, 0.5) is 0 Å². The minimum Gasteiger partial charge on any atom is -0.440 e.